The Balaban J connectivity index is 2.35. The van der Waals surface area contributed by atoms with Gasteiger partial charge in [0.15, 0.2) is 0 Å². The molecule has 0 saturated heterocycles. The molecule has 2 nitrogen and oxygen atoms in total. The summed E-state index contributed by atoms with van der Waals surface area (Å²) in [6, 6.07) is 13.7. The smallest absolute Gasteiger partial charge is 0.139 e. The Hall–Kier alpha value is -1.51. The lowest BCUT2D eigenvalue weighted by atomic mass is 10.0. The number of aryl methyl sites for hydroxylation is 1. The van der Waals surface area contributed by atoms with E-state index in [9.17, 15) is 0 Å². The highest BCUT2D eigenvalue weighted by molar-refractivity contribution is 6.30. The van der Waals surface area contributed by atoms with Gasteiger partial charge < -0.3 is 10.5 Å². The largest absolute Gasteiger partial charge is 0.484 e. The highest BCUT2D eigenvalue weighted by atomic mass is 35.5. The van der Waals surface area contributed by atoms with Crippen LogP contribution in [0.3, 0.4) is 0 Å². The van der Waals surface area contributed by atoms with E-state index in [-0.39, 0.29) is 12.1 Å². The number of nitrogens with two attached hydrogens (primary N) is 1. The number of hydrogen-bond donors (Lipinski definition) is 1. The SMILES string of the molecule is CCC(N)C(Oc1cccc(C)c1C)c1cccc(Cl)c1. The van der Waals surface area contributed by atoms with Crippen LogP contribution in [0.2, 0.25) is 5.02 Å². The predicted molar refractivity (Wildman–Crippen MR) is 89.0 cm³/mol. The summed E-state index contributed by atoms with van der Waals surface area (Å²) in [6.45, 7) is 6.21. The van der Waals surface area contributed by atoms with E-state index in [0.717, 1.165) is 23.3 Å². The molecular weight excluding hydrogens is 282 g/mol. The van der Waals surface area contributed by atoms with Gasteiger partial charge in [0.25, 0.3) is 0 Å². The Morgan fingerprint density at radius 2 is 1.86 bits per heavy atom. The van der Waals surface area contributed by atoms with Crippen molar-refractivity contribution in [3.8, 4) is 5.75 Å². The third kappa shape index (κ3) is 3.78. The predicted octanol–water partition coefficient (Wildman–Crippen LogP) is 4.81. The fourth-order valence-electron chi connectivity index (χ4n) is 2.29. The van der Waals surface area contributed by atoms with Crippen molar-refractivity contribution >= 4 is 11.6 Å². The maximum atomic E-state index is 6.27. The first-order valence-electron chi connectivity index (χ1n) is 7.26. The van der Waals surface area contributed by atoms with Crippen molar-refractivity contribution in [1.82, 2.24) is 0 Å². The molecule has 0 amide bonds. The summed E-state index contributed by atoms with van der Waals surface area (Å²) in [5, 5.41) is 0.699. The molecule has 3 heteroatoms. The van der Waals surface area contributed by atoms with Crippen LogP contribution in [0.1, 0.15) is 36.1 Å². The summed E-state index contributed by atoms with van der Waals surface area (Å²) in [4.78, 5) is 0. The molecule has 2 rings (SSSR count). The van der Waals surface area contributed by atoms with Gasteiger partial charge in [-0.15, -0.1) is 0 Å². The van der Waals surface area contributed by atoms with E-state index in [1.807, 2.05) is 36.4 Å². The fourth-order valence-corrected chi connectivity index (χ4v) is 2.49. The van der Waals surface area contributed by atoms with Crippen molar-refractivity contribution in [1.29, 1.82) is 0 Å². The van der Waals surface area contributed by atoms with Gasteiger partial charge in [-0.05, 0) is 55.2 Å². The Kier molecular flexibility index (Phi) is 5.27. The Morgan fingerprint density at radius 3 is 2.52 bits per heavy atom. The number of ether oxygens (including phenoxy) is 1. The van der Waals surface area contributed by atoms with E-state index < -0.39 is 0 Å². The van der Waals surface area contributed by atoms with Crippen LogP contribution < -0.4 is 10.5 Å². The van der Waals surface area contributed by atoms with Gasteiger partial charge in [0, 0.05) is 11.1 Å². The van der Waals surface area contributed by atoms with Gasteiger partial charge in [0.05, 0.1) is 0 Å². The molecule has 0 saturated carbocycles. The molecule has 0 radical (unpaired) electrons. The Labute approximate surface area is 131 Å². The van der Waals surface area contributed by atoms with Crippen molar-refractivity contribution in [3.63, 3.8) is 0 Å². The van der Waals surface area contributed by atoms with Crippen molar-refractivity contribution in [2.45, 2.75) is 39.3 Å². The highest BCUT2D eigenvalue weighted by Gasteiger charge is 2.21. The zero-order chi connectivity index (χ0) is 15.4. The molecule has 2 unspecified atom stereocenters. The van der Waals surface area contributed by atoms with Gasteiger partial charge in [-0.2, -0.15) is 0 Å². The van der Waals surface area contributed by atoms with Crippen molar-refractivity contribution in [2.24, 2.45) is 5.73 Å². The first-order valence-corrected chi connectivity index (χ1v) is 7.64. The molecule has 0 bridgehead atoms. The van der Waals surface area contributed by atoms with E-state index >= 15 is 0 Å². The zero-order valence-electron chi connectivity index (χ0n) is 12.8. The average Bonchev–Trinajstić information content (AvgIpc) is 2.48. The third-order valence-electron chi connectivity index (χ3n) is 3.85. The van der Waals surface area contributed by atoms with Crippen LogP contribution in [0.25, 0.3) is 0 Å². The maximum absolute atomic E-state index is 6.27. The number of benzene rings is 2. The van der Waals surface area contributed by atoms with Crippen molar-refractivity contribution in [2.75, 3.05) is 0 Å². The molecule has 2 aromatic carbocycles. The van der Waals surface area contributed by atoms with Gasteiger partial charge in [0.1, 0.15) is 11.9 Å². The van der Waals surface area contributed by atoms with Crippen LogP contribution in [-0.2, 0) is 0 Å². The molecule has 0 aliphatic rings. The van der Waals surface area contributed by atoms with Gasteiger partial charge in [-0.25, -0.2) is 0 Å². The van der Waals surface area contributed by atoms with Gasteiger partial charge in [-0.1, -0.05) is 42.8 Å². The number of halogens is 1. The second kappa shape index (κ2) is 6.97. The summed E-state index contributed by atoms with van der Waals surface area (Å²) in [6.07, 6.45) is 0.636. The lowest BCUT2D eigenvalue weighted by Gasteiger charge is -2.26. The molecule has 0 spiro atoms. The topological polar surface area (TPSA) is 35.2 Å². The van der Waals surface area contributed by atoms with Gasteiger partial charge in [-0.3, -0.25) is 0 Å². The molecule has 2 atom stereocenters. The molecule has 0 fully saturated rings. The quantitative estimate of drug-likeness (QED) is 0.860. The molecule has 0 aromatic heterocycles. The maximum Gasteiger partial charge on any atom is 0.139 e. The summed E-state index contributed by atoms with van der Waals surface area (Å²) in [7, 11) is 0. The van der Waals surface area contributed by atoms with E-state index in [0.29, 0.717) is 5.02 Å². The summed E-state index contributed by atoms with van der Waals surface area (Å²) < 4.78 is 6.24. The normalized spacial score (nSPS) is 13.8. The summed E-state index contributed by atoms with van der Waals surface area (Å²) >= 11 is 6.10. The zero-order valence-corrected chi connectivity index (χ0v) is 13.5. The van der Waals surface area contributed by atoms with Crippen LogP contribution in [0.5, 0.6) is 5.75 Å². The number of hydrogen-bond acceptors (Lipinski definition) is 2. The molecule has 0 aliphatic carbocycles. The van der Waals surface area contributed by atoms with Crippen LogP contribution >= 0.6 is 11.6 Å². The minimum atomic E-state index is -0.200. The van der Waals surface area contributed by atoms with Crippen molar-refractivity contribution < 1.29 is 4.74 Å². The number of rotatable bonds is 5. The molecule has 2 N–H and O–H groups in total. The summed E-state index contributed by atoms with van der Waals surface area (Å²) in [5.41, 5.74) is 9.64. The molecule has 0 heterocycles. The van der Waals surface area contributed by atoms with Crippen LogP contribution in [-0.4, -0.2) is 6.04 Å². The first kappa shape index (κ1) is 15.9. The van der Waals surface area contributed by atoms with E-state index in [2.05, 4.69) is 26.8 Å². The fraction of sp³-hybridized carbons (Fsp3) is 0.333. The minimum Gasteiger partial charge on any atom is -0.484 e. The highest BCUT2D eigenvalue weighted by Crippen LogP contribution is 2.30. The first-order chi connectivity index (χ1) is 10.0. The van der Waals surface area contributed by atoms with E-state index in [1.54, 1.807) is 0 Å². The van der Waals surface area contributed by atoms with Crippen molar-refractivity contribution in [3.05, 3.63) is 64.2 Å². The molecule has 21 heavy (non-hydrogen) atoms. The minimum absolute atomic E-state index is 0.0802. The molecular formula is C18H22ClNO. The lowest BCUT2D eigenvalue weighted by molar-refractivity contribution is 0.170. The molecule has 112 valence electrons. The standard InChI is InChI=1S/C18H22ClNO/c1-4-16(20)18(14-8-6-9-15(19)11-14)21-17-10-5-7-12(2)13(17)3/h5-11,16,18H,4,20H2,1-3H3. The molecule has 2 aromatic rings. The van der Waals surface area contributed by atoms with Crippen LogP contribution in [0, 0.1) is 13.8 Å². The second-order valence-electron chi connectivity index (χ2n) is 5.36. The summed E-state index contributed by atoms with van der Waals surface area (Å²) in [5.74, 6) is 0.879. The Morgan fingerprint density at radius 1 is 1.14 bits per heavy atom. The van der Waals surface area contributed by atoms with Crippen LogP contribution in [0.15, 0.2) is 42.5 Å². The van der Waals surface area contributed by atoms with E-state index in [4.69, 9.17) is 22.1 Å². The molecule has 0 aliphatic heterocycles. The Bertz CT molecular complexity index is 612. The van der Waals surface area contributed by atoms with Crippen LogP contribution in [0.4, 0.5) is 0 Å². The monoisotopic (exact) mass is 303 g/mol. The van der Waals surface area contributed by atoms with E-state index in [1.165, 1.54) is 5.56 Å². The average molecular weight is 304 g/mol. The second-order valence-corrected chi connectivity index (χ2v) is 5.80. The lowest BCUT2D eigenvalue weighted by Crippen LogP contribution is -2.31. The van der Waals surface area contributed by atoms with Gasteiger partial charge in [0.2, 0.25) is 0 Å². The third-order valence-corrected chi connectivity index (χ3v) is 4.08. The van der Waals surface area contributed by atoms with Gasteiger partial charge >= 0.3 is 0 Å².